The SMILES string of the molecule is CCNC(=NCc1cccc(C(F)(F)F)c1)NCCN1CCN(CC)CC1. The number of nitrogens with zero attached hydrogens (tertiary/aromatic N) is 3. The van der Waals surface area contributed by atoms with Gasteiger partial charge in [-0.2, -0.15) is 13.2 Å². The van der Waals surface area contributed by atoms with E-state index in [1.54, 1.807) is 6.07 Å². The van der Waals surface area contributed by atoms with Gasteiger partial charge in [-0.1, -0.05) is 19.1 Å². The minimum atomic E-state index is -4.33. The van der Waals surface area contributed by atoms with Crippen LogP contribution in [0.25, 0.3) is 0 Å². The van der Waals surface area contributed by atoms with E-state index in [0.29, 0.717) is 18.1 Å². The molecule has 5 nitrogen and oxygen atoms in total. The minimum Gasteiger partial charge on any atom is -0.357 e. The van der Waals surface area contributed by atoms with Crippen molar-refractivity contribution in [1.29, 1.82) is 0 Å². The van der Waals surface area contributed by atoms with E-state index in [-0.39, 0.29) is 6.54 Å². The molecule has 2 N–H and O–H groups in total. The van der Waals surface area contributed by atoms with Gasteiger partial charge in [0.05, 0.1) is 12.1 Å². The molecule has 0 saturated carbocycles. The summed E-state index contributed by atoms with van der Waals surface area (Å²) in [5, 5.41) is 6.41. The van der Waals surface area contributed by atoms with E-state index in [4.69, 9.17) is 0 Å². The van der Waals surface area contributed by atoms with Gasteiger partial charge in [-0.15, -0.1) is 0 Å². The Bertz CT molecular complexity index is 595. The van der Waals surface area contributed by atoms with E-state index in [1.165, 1.54) is 6.07 Å². The molecule has 8 heteroatoms. The maximum atomic E-state index is 12.8. The van der Waals surface area contributed by atoms with Crippen LogP contribution in [-0.4, -0.2) is 68.1 Å². The summed E-state index contributed by atoms with van der Waals surface area (Å²) in [4.78, 5) is 9.26. The highest BCUT2D eigenvalue weighted by Gasteiger charge is 2.30. The number of nitrogens with one attached hydrogen (secondary N) is 2. The van der Waals surface area contributed by atoms with Crippen LogP contribution in [0.3, 0.4) is 0 Å². The maximum absolute atomic E-state index is 12.8. The van der Waals surface area contributed by atoms with Crippen molar-refractivity contribution >= 4 is 5.96 Å². The number of halogens is 3. The van der Waals surface area contributed by atoms with Crippen molar-refractivity contribution in [3.63, 3.8) is 0 Å². The minimum absolute atomic E-state index is 0.203. The Morgan fingerprint density at radius 2 is 1.78 bits per heavy atom. The fourth-order valence-electron chi connectivity index (χ4n) is 3.02. The molecule has 27 heavy (non-hydrogen) atoms. The molecule has 0 unspecified atom stereocenters. The molecule has 0 bridgehead atoms. The first-order valence-electron chi connectivity index (χ1n) is 9.55. The molecule has 1 fully saturated rings. The molecule has 0 aliphatic carbocycles. The zero-order valence-electron chi connectivity index (χ0n) is 16.1. The summed E-state index contributed by atoms with van der Waals surface area (Å²) in [6.07, 6.45) is -4.33. The van der Waals surface area contributed by atoms with Crippen molar-refractivity contribution in [2.24, 2.45) is 4.99 Å². The molecule has 0 spiro atoms. The van der Waals surface area contributed by atoms with Crippen molar-refractivity contribution in [3.05, 3.63) is 35.4 Å². The van der Waals surface area contributed by atoms with Crippen LogP contribution in [0.1, 0.15) is 25.0 Å². The smallest absolute Gasteiger partial charge is 0.357 e. The molecular weight excluding hydrogens is 355 g/mol. The first-order chi connectivity index (χ1) is 12.9. The van der Waals surface area contributed by atoms with Gasteiger partial charge in [0.2, 0.25) is 0 Å². The molecule has 0 radical (unpaired) electrons. The average Bonchev–Trinajstić information content (AvgIpc) is 2.66. The highest BCUT2D eigenvalue weighted by atomic mass is 19.4. The van der Waals surface area contributed by atoms with Crippen molar-refractivity contribution in [2.75, 3.05) is 52.4 Å². The summed E-state index contributed by atoms with van der Waals surface area (Å²) in [6, 6.07) is 5.31. The summed E-state index contributed by atoms with van der Waals surface area (Å²) in [7, 11) is 0. The van der Waals surface area contributed by atoms with E-state index in [9.17, 15) is 13.2 Å². The van der Waals surface area contributed by atoms with Crippen LogP contribution in [0.2, 0.25) is 0 Å². The number of guanidine groups is 1. The fraction of sp³-hybridized carbons (Fsp3) is 0.632. The Labute approximate surface area is 159 Å². The number of hydrogen-bond acceptors (Lipinski definition) is 3. The van der Waals surface area contributed by atoms with Gasteiger partial charge in [0, 0.05) is 45.8 Å². The van der Waals surface area contributed by atoms with Crippen LogP contribution in [0, 0.1) is 0 Å². The Morgan fingerprint density at radius 3 is 2.41 bits per heavy atom. The summed E-state index contributed by atoms with van der Waals surface area (Å²) in [5.74, 6) is 0.627. The van der Waals surface area contributed by atoms with Crippen LogP contribution in [0.15, 0.2) is 29.3 Å². The van der Waals surface area contributed by atoms with Crippen LogP contribution < -0.4 is 10.6 Å². The lowest BCUT2D eigenvalue weighted by Crippen LogP contribution is -2.49. The van der Waals surface area contributed by atoms with Crippen molar-refractivity contribution in [3.8, 4) is 0 Å². The molecule has 152 valence electrons. The number of benzene rings is 1. The predicted molar refractivity (Wildman–Crippen MR) is 103 cm³/mol. The normalized spacial score (nSPS) is 17.1. The Morgan fingerprint density at radius 1 is 1.07 bits per heavy atom. The van der Waals surface area contributed by atoms with Crippen molar-refractivity contribution < 1.29 is 13.2 Å². The second kappa shape index (κ2) is 10.5. The van der Waals surface area contributed by atoms with Gasteiger partial charge in [0.15, 0.2) is 5.96 Å². The van der Waals surface area contributed by atoms with E-state index < -0.39 is 11.7 Å². The standard InChI is InChI=1S/C19H30F3N5/c1-3-23-18(24-8-9-27-12-10-26(4-2)11-13-27)25-15-16-6-5-7-17(14-16)19(20,21)22/h5-7,14H,3-4,8-13,15H2,1-2H3,(H2,23,24,25). The summed E-state index contributed by atoms with van der Waals surface area (Å²) < 4.78 is 38.4. The molecule has 0 aromatic heterocycles. The zero-order chi connectivity index (χ0) is 19.7. The number of rotatable bonds is 7. The lowest BCUT2D eigenvalue weighted by Gasteiger charge is -2.34. The van der Waals surface area contributed by atoms with Crippen molar-refractivity contribution in [1.82, 2.24) is 20.4 Å². The molecular formula is C19H30F3N5. The van der Waals surface area contributed by atoms with Gasteiger partial charge in [-0.25, -0.2) is 4.99 Å². The Kier molecular flexibility index (Phi) is 8.37. The topological polar surface area (TPSA) is 42.9 Å². The average molecular weight is 385 g/mol. The molecule has 1 aromatic rings. The van der Waals surface area contributed by atoms with Gasteiger partial charge >= 0.3 is 6.18 Å². The summed E-state index contributed by atoms with van der Waals surface area (Å²) in [5.41, 5.74) is -0.0999. The Balaban J connectivity index is 1.84. The van der Waals surface area contributed by atoms with E-state index >= 15 is 0 Å². The molecule has 1 aliphatic heterocycles. The van der Waals surface area contributed by atoms with Crippen LogP contribution in [0.5, 0.6) is 0 Å². The lowest BCUT2D eigenvalue weighted by molar-refractivity contribution is -0.137. The molecule has 1 saturated heterocycles. The van der Waals surface area contributed by atoms with Gasteiger partial charge in [0.25, 0.3) is 0 Å². The van der Waals surface area contributed by atoms with E-state index in [0.717, 1.165) is 57.9 Å². The third-order valence-corrected chi connectivity index (χ3v) is 4.65. The Hall–Kier alpha value is -1.80. The first kappa shape index (κ1) is 21.5. The summed E-state index contributed by atoms with van der Waals surface area (Å²) in [6.45, 7) is 12.1. The fourth-order valence-corrected chi connectivity index (χ4v) is 3.02. The highest BCUT2D eigenvalue weighted by molar-refractivity contribution is 5.79. The number of alkyl halides is 3. The monoisotopic (exact) mass is 385 g/mol. The lowest BCUT2D eigenvalue weighted by atomic mass is 10.1. The predicted octanol–water partition coefficient (Wildman–Crippen LogP) is 2.40. The van der Waals surface area contributed by atoms with Gasteiger partial charge < -0.3 is 15.5 Å². The third-order valence-electron chi connectivity index (χ3n) is 4.65. The molecule has 0 atom stereocenters. The molecule has 1 aromatic carbocycles. The third kappa shape index (κ3) is 7.38. The quantitative estimate of drug-likeness (QED) is 0.559. The number of hydrogen-bond donors (Lipinski definition) is 2. The highest BCUT2D eigenvalue weighted by Crippen LogP contribution is 2.29. The van der Waals surface area contributed by atoms with Gasteiger partial charge in [-0.05, 0) is 31.2 Å². The largest absolute Gasteiger partial charge is 0.416 e. The summed E-state index contributed by atoms with van der Waals surface area (Å²) >= 11 is 0. The number of likely N-dealkylation sites (N-methyl/N-ethyl adjacent to an activating group) is 1. The van der Waals surface area contributed by atoms with Crippen LogP contribution >= 0.6 is 0 Å². The van der Waals surface area contributed by atoms with Crippen molar-refractivity contribution in [2.45, 2.75) is 26.6 Å². The van der Waals surface area contributed by atoms with Gasteiger partial charge in [-0.3, -0.25) is 4.90 Å². The van der Waals surface area contributed by atoms with E-state index in [1.807, 2.05) is 6.92 Å². The van der Waals surface area contributed by atoms with Crippen LogP contribution in [0.4, 0.5) is 13.2 Å². The second-order valence-electron chi connectivity index (χ2n) is 6.60. The molecule has 1 aliphatic rings. The molecule has 2 rings (SSSR count). The molecule has 1 heterocycles. The second-order valence-corrected chi connectivity index (χ2v) is 6.60. The maximum Gasteiger partial charge on any atom is 0.416 e. The van der Waals surface area contributed by atoms with E-state index in [2.05, 4.69) is 32.3 Å². The first-order valence-corrected chi connectivity index (χ1v) is 9.55. The number of aliphatic imine (C=N–C) groups is 1. The zero-order valence-corrected chi connectivity index (χ0v) is 16.1. The number of piperazine rings is 1. The van der Waals surface area contributed by atoms with Gasteiger partial charge in [0.1, 0.15) is 0 Å². The molecule has 0 amide bonds. The van der Waals surface area contributed by atoms with Crippen LogP contribution in [-0.2, 0) is 12.7 Å².